The standard InChI is InChI=1S/C19H21N3O4/c1-4-17(19(24)25)26-16-11-7-14(8-12-16)18(23)13-5-9-15(10-6-13)20-21-22(2)3/h5-12,17H,4H2,1-3H3,(H,24,25). The van der Waals surface area contributed by atoms with E-state index in [2.05, 4.69) is 10.3 Å². The first-order valence-electron chi connectivity index (χ1n) is 8.14. The summed E-state index contributed by atoms with van der Waals surface area (Å²) in [7, 11) is 3.54. The van der Waals surface area contributed by atoms with E-state index in [1.807, 2.05) is 0 Å². The third-order valence-electron chi connectivity index (χ3n) is 3.51. The van der Waals surface area contributed by atoms with Gasteiger partial charge in [0.05, 0.1) is 5.69 Å². The molecule has 0 radical (unpaired) electrons. The molecule has 0 fully saturated rings. The Morgan fingerprint density at radius 3 is 2.04 bits per heavy atom. The molecule has 0 bridgehead atoms. The lowest BCUT2D eigenvalue weighted by Crippen LogP contribution is -2.25. The largest absolute Gasteiger partial charge is 0.479 e. The first-order valence-corrected chi connectivity index (χ1v) is 8.14. The molecule has 0 saturated carbocycles. The molecule has 26 heavy (non-hydrogen) atoms. The Morgan fingerprint density at radius 1 is 1.04 bits per heavy atom. The summed E-state index contributed by atoms with van der Waals surface area (Å²) < 4.78 is 5.39. The molecule has 2 rings (SSSR count). The van der Waals surface area contributed by atoms with E-state index in [9.17, 15) is 9.59 Å². The first-order chi connectivity index (χ1) is 12.4. The molecule has 7 heteroatoms. The number of ether oxygens (including phenoxy) is 1. The van der Waals surface area contributed by atoms with Crippen LogP contribution in [0.1, 0.15) is 29.3 Å². The Kier molecular flexibility index (Phi) is 6.43. The molecule has 1 atom stereocenters. The number of hydrogen-bond acceptors (Lipinski definition) is 5. The van der Waals surface area contributed by atoms with Gasteiger partial charge in [-0.2, -0.15) is 0 Å². The lowest BCUT2D eigenvalue weighted by atomic mass is 10.0. The second-order valence-corrected chi connectivity index (χ2v) is 5.79. The Balaban J connectivity index is 2.08. The van der Waals surface area contributed by atoms with Crippen LogP contribution < -0.4 is 4.74 Å². The zero-order valence-electron chi connectivity index (χ0n) is 14.9. The maximum atomic E-state index is 12.5. The summed E-state index contributed by atoms with van der Waals surface area (Å²) in [6.07, 6.45) is -0.548. The van der Waals surface area contributed by atoms with Gasteiger partial charge in [-0.05, 0) is 55.0 Å². The summed E-state index contributed by atoms with van der Waals surface area (Å²) in [6.45, 7) is 1.73. The number of aliphatic carboxylic acids is 1. The van der Waals surface area contributed by atoms with Crippen molar-refractivity contribution < 1.29 is 19.4 Å². The van der Waals surface area contributed by atoms with Gasteiger partial charge in [-0.3, -0.25) is 9.80 Å². The van der Waals surface area contributed by atoms with E-state index in [4.69, 9.17) is 9.84 Å². The van der Waals surface area contributed by atoms with Crippen molar-refractivity contribution in [3.8, 4) is 5.75 Å². The maximum Gasteiger partial charge on any atom is 0.344 e. The van der Waals surface area contributed by atoms with Gasteiger partial charge in [-0.1, -0.05) is 12.1 Å². The average molecular weight is 355 g/mol. The summed E-state index contributed by atoms with van der Waals surface area (Å²) in [5, 5.41) is 18.5. The highest BCUT2D eigenvalue weighted by Crippen LogP contribution is 2.19. The number of hydrogen-bond donors (Lipinski definition) is 1. The monoisotopic (exact) mass is 355 g/mol. The van der Waals surface area contributed by atoms with Crippen molar-refractivity contribution in [2.24, 2.45) is 10.3 Å². The van der Waals surface area contributed by atoms with Crippen LogP contribution in [0, 0.1) is 0 Å². The van der Waals surface area contributed by atoms with Crippen molar-refractivity contribution in [2.45, 2.75) is 19.4 Å². The van der Waals surface area contributed by atoms with Crippen molar-refractivity contribution in [1.82, 2.24) is 5.01 Å². The number of carbonyl (C=O) groups is 2. The minimum absolute atomic E-state index is 0.141. The molecular formula is C19H21N3O4. The van der Waals surface area contributed by atoms with E-state index in [1.165, 1.54) is 0 Å². The number of carboxylic acid groups (broad SMARTS) is 1. The van der Waals surface area contributed by atoms with Gasteiger partial charge in [0.25, 0.3) is 0 Å². The zero-order valence-corrected chi connectivity index (χ0v) is 14.9. The molecule has 0 heterocycles. The molecule has 0 saturated heterocycles. The van der Waals surface area contributed by atoms with E-state index >= 15 is 0 Å². The SMILES string of the molecule is CCC(Oc1ccc(C(=O)c2ccc(N=NN(C)C)cc2)cc1)C(=O)O. The number of carbonyl (C=O) groups excluding carboxylic acids is 1. The quantitative estimate of drug-likeness (QED) is 0.443. The molecule has 2 aromatic carbocycles. The first kappa shape index (κ1) is 19.1. The highest BCUT2D eigenvalue weighted by Gasteiger charge is 2.17. The van der Waals surface area contributed by atoms with Crippen molar-refractivity contribution in [3.05, 3.63) is 59.7 Å². The van der Waals surface area contributed by atoms with E-state index in [1.54, 1.807) is 74.6 Å². The second-order valence-electron chi connectivity index (χ2n) is 5.79. The number of ketones is 1. The fourth-order valence-electron chi connectivity index (χ4n) is 2.14. The van der Waals surface area contributed by atoms with Crippen LogP contribution in [-0.2, 0) is 4.79 Å². The van der Waals surface area contributed by atoms with Crippen LogP contribution in [-0.4, -0.2) is 42.1 Å². The number of nitrogens with zero attached hydrogens (tertiary/aromatic N) is 3. The van der Waals surface area contributed by atoms with E-state index in [0.29, 0.717) is 29.0 Å². The second kappa shape index (κ2) is 8.75. The fraction of sp³-hybridized carbons (Fsp3) is 0.263. The summed E-state index contributed by atoms with van der Waals surface area (Å²) >= 11 is 0. The van der Waals surface area contributed by atoms with Gasteiger partial charge in [0.15, 0.2) is 11.9 Å². The Morgan fingerprint density at radius 2 is 1.58 bits per heavy atom. The Bertz CT molecular complexity index is 783. The molecule has 0 amide bonds. The van der Waals surface area contributed by atoms with Crippen LogP contribution >= 0.6 is 0 Å². The van der Waals surface area contributed by atoms with Crippen molar-refractivity contribution in [2.75, 3.05) is 14.1 Å². The lowest BCUT2D eigenvalue weighted by Gasteiger charge is -2.13. The lowest BCUT2D eigenvalue weighted by molar-refractivity contribution is -0.145. The number of rotatable bonds is 8. The molecule has 0 aliphatic heterocycles. The molecule has 2 aromatic rings. The minimum Gasteiger partial charge on any atom is -0.479 e. The average Bonchev–Trinajstić information content (AvgIpc) is 2.64. The normalized spacial score (nSPS) is 12.0. The molecule has 7 nitrogen and oxygen atoms in total. The smallest absolute Gasteiger partial charge is 0.344 e. The molecule has 1 N–H and O–H groups in total. The van der Waals surface area contributed by atoms with Gasteiger partial charge in [0, 0.05) is 25.2 Å². The zero-order chi connectivity index (χ0) is 19.1. The van der Waals surface area contributed by atoms with Crippen molar-refractivity contribution in [3.63, 3.8) is 0 Å². The van der Waals surface area contributed by atoms with Gasteiger partial charge >= 0.3 is 5.97 Å². The molecule has 1 unspecified atom stereocenters. The van der Waals surface area contributed by atoms with E-state index in [0.717, 1.165) is 0 Å². The van der Waals surface area contributed by atoms with Crippen LogP contribution in [0.25, 0.3) is 0 Å². The summed E-state index contributed by atoms with van der Waals surface area (Å²) in [6, 6.07) is 13.2. The predicted molar refractivity (Wildman–Crippen MR) is 96.9 cm³/mol. The van der Waals surface area contributed by atoms with E-state index in [-0.39, 0.29) is 5.78 Å². The summed E-state index contributed by atoms with van der Waals surface area (Å²) in [4.78, 5) is 23.5. The maximum absolute atomic E-state index is 12.5. The van der Waals surface area contributed by atoms with Crippen molar-refractivity contribution >= 4 is 17.4 Å². The summed E-state index contributed by atoms with van der Waals surface area (Å²) in [5.41, 5.74) is 1.67. The summed E-state index contributed by atoms with van der Waals surface area (Å²) in [5.74, 6) is -0.743. The van der Waals surface area contributed by atoms with Crippen LogP contribution in [0.15, 0.2) is 58.9 Å². The minimum atomic E-state index is -1.01. The molecule has 136 valence electrons. The fourth-order valence-corrected chi connectivity index (χ4v) is 2.14. The van der Waals surface area contributed by atoms with Gasteiger partial charge in [-0.15, -0.1) is 5.11 Å². The van der Waals surface area contributed by atoms with E-state index < -0.39 is 12.1 Å². The molecule has 0 aromatic heterocycles. The molecule has 0 aliphatic rings. The highest BCUT2D eigenvalue weighted by molar-refractivity contribution is 6.09. The van der Waals surface area contributed by atoms with Gasteiger partial charge in [-0.25, -0.2) is 4.79 Å². The van der Waals surface area contributed by atoms with Crippen LogP contribution in [0.4, 0.5) is 5.69 Å². The van der Waals surface area contributed by atoms with Crippen molar-refractivity contribution in [1.29, 1.82) is 0 Å². The molecule has 0 aliphatic carbocycles. The third-order valence-corrected chi connectivity index (χ3v) is 3.51. The topological polar surface area (TPSA) is 91.6 Å². The van der Waals surface area contributed by atoms with Crippen LogP contribution in [0.5, 0.6) is 5.75 Å². The van der Waals surface area contributed by atoms with Crippen LogP contribution in [0.3, 0.4) is 0 Å². The Hall–Kier alpha value is -3.22. The predicted octanol–water partition coefficient (Wildman–Crippen LogP) is 3.72. The third kappa shape index (κ3) is 5.14. The van der Waals surface area contributed by atoms with Crippen LogP contribution in [0.2, 0.25) is 0 Å². The van der Waals surface area contributed by atoms with Gasteiger partial charge in [0.2, 0.25) is 0 Å². The molecular weight excluding hydrogens is 334 g/mol. The van der Waals surface area contributed by atoms with Gasteiger partial charge < -0.3 is 9.84 Å². The number of benzene rings is 2. The molecule has 0 spiro atoms. The van der Waals surface area contributed by atoms with Gasteiger partial charge in [0.1, 0.15) is 5.75 Å². The Labute approximate surface area is 151 Å². The highest BCUT2D eigenvalue weighted by atomic mass is 16.5. The number of carboxylic acids is 1.